The van der Waals surface area contributed by atoms with Gasteiger partial charge in [0.1, 0.15) is 22.5 Å². The highest BCUT2D eigenvalue weighted by atomic mass is 35.5. The highest BCUT2D eigenvalue weighted by Gasteiger charge is 2.40. The van der Waals surface area contributed by atoms with Gasteiger partial charge in [0, 0.05) is 10.7 Å². The summed E-state index contributed by atoms with van der Waals surface area (Å²) in [4.78, 5) is 25.9. The molecular weight excluding hydrogens is 389 g/mol. The van der Waals surface area contributed by atoms with Gasteiger partial charge in [-0.15, -0.1) is 0 Å². The van der Waals surface area contributed by atoms with Crippen LogP contribution in [-0.2, 0) is 16.0 Å². The molecule has 2 aromatic carbocycles. The van der Waals surface area contributed by atoms with Gasteiger partial charge in [-0.2, -0.15) is 5.26 Å². The molecule has 0 aromatic heterocycles. The van der Waals surface area contributed by atoms with Crippen LogP contribution in [0.4, 0.5) is 10.1 Å². The molecule has 0 saturated carbocycles. The Morgan fingerprint density at radius 1 is 1.22 bits per heavy atom. The molecule has 5 nitrogen and oxygen atoms in total. The number of nitrogens with zero attached hydrogens (tertiary/aromatic N) is 2. The molecule has 0 aliphatic carbocycles. The average Bonchev–Trinajstić information content (AvgIpc) is 2.94. The molecule has 2 N–H and O–H groups in total. The molecule has 1 heterocycles. The van der Waals surface area contributed by atoms with Crippen molar-refractivity contribution in [3.8, 4) is 6.07 Å². The van der Waals surface area contributed by atoms with Crippen molar-refractivity contribution in [2.75, 3.05) is 4.90 Å². The van der Waals surface area contributed by atoms with Crippen molar-refractivity contribution in [3.05, 3.63) is 75.5 Å². The Balaban J connectivity index is 2.01. The molecule has 1 aliphatic rings. The molecule has 1 aliphatic heterocycles. The number of nitriles is 1. The van der Waals surface area contributed by atoms with Gasteiger partial charge >= 0.3 is 0 Å². The number of benzene rings is 2. The predicted octanol–water partition coefficient (Wildman–Crippen LogP) is 3.39. The summed E-state index contributed by atoms with van der Waals surface area (Å²) < 4.78 is 13.3. The Labute approximate surface area is 164 Å². The topological polar surface area (TPSA) is 87.2 Å². The lowest BCUT2D eigenvalue weighted by Gasteiger charge is -2.18. The van der Waals surface area contributed by atoms with Gasteiger partial charge in [0.25, 0.3) is 5.91 Å². The molecule has 1 fully saturated rings. The normalized spacial score (nSPS) is 18.3. The quantitative estimate of drug-likeness (QED) is 0.628. The lowest BCUT2D eigenvalue weighted by atomic mass is 10.1. The third-order valence-corrected chi connectivity index (χ3v) is 5.46. The Bertz CT molecular complexity index is 968. The lowest BCUT2D eigenvalue weighted by molar-refractivity contribution is -0.117. The van der Waals surface area contributed by atoms with E-state index in [0.29, 0.717) is 17.1 Å². The summed E-state index contributed by atoms with van der Waals surface area (Å²) in [6, 6.07) is 14.0. The molecule has 27 heavy (non-hydrogen) atoms. The molecule has 1 atom stereocenters. The second-order valence-electron chi connectivity index (χ2n) is 5.74. The van der Waals surface area contributed by atoms with Crippen LogP contribution in [0.5, 0.6) is 0 Å². The van der Waals surface area contributed by atoms with E-state index in [1.807, 2.05) is 0 Å². The second kappa shape index (κ2) is 7.82. The number of hydrogen-bond donors (Lipinski definition) is 1. The third kappa shape index (κ3) is 3.97. The van der Waals surface area contributed by atoms with Gasteiger partial charge in [-0.1, -0.05) is 35.5 Å². The summed E-state index contributed by atoms with van der Waals surface area (Å²) in [6.45, 7) is 0. The Hall–Kier alpha value is -2.82. The van der Waals surface area contributed by atoms with Crippen LogP contribution >= 0.6 is 23.4 Å². The maximum Gasteiger partial charge on any atom is 0.262 e. The molecule has 0 spiro atoms. The van der Waals surface area contributed by atoms with Crippen molar-refractivity contribution in [1.82, 2.24) is 0 Å². The molecule has 136 valence electrons. The van der Waals surface area contributed by atoms with Crippen molar-refractivity contribution in [1.29, 1.82) is 5.26 Å². The Kier molecular flexibility index (Phi) is 5.49. The summed E-state index contributed by atoms with van der Waals surface area (Å²) in [5.41, 5.74) is 6.23. The van der Waals surface area contributed by atoms with Crippen LogP contribution in [-0.4, -0.2) is 17.1 Å². The fourth-order valence-electron chi connectivity index (χ4n) is 2.66. The van der Waals surface area contributed by atoms with Crippen molar-refractivity contribution in [3.63, 3.8) is 0 Å². The van der Waals surface area contributed by atoms with E-state index >= 15 is 0 Å². The van der Waals surface area contributed by atoms with E-state index in [1.165, 1.54) is 29.2 Å². The fourth-order valence-corrected chi connectivity index (χ4v) is 4.10. The zero-order valence-corrected chi connectivity index (χ0v) is 15.4. The summed E-state index contributed by atoms with van der Waals surface area (Å²) >= 11 is 6.98. The number of halogens is 2. The summed E-state index contributed by atoms with van der Waals surface area (Å²) in [5.74, 6) is -1.70. The Morgan fingerprint density at radius 3 is 2.41 bits per heavy atom. The first-order valence-corrected chi connectivity index (χ1v) is 9.11. The van der Waals surface area contributed by atoms with Crippen LogP contribution in [0.3, 0.4) is 0 Å². The number of primary amides is 1. The zero-order valence-electron chi connectivity index (χ0n) is 13.9. The monoisotopic (exact) mass is 401 g/mol. The van der Waals surface area contributed by atoms with E-state index in [9.17, 15) is 19.2 Å². The number of nitrogens with two attached hydrogens (primary N) is 1. The van der Waals surface area contributed by atoms with Gasteiger partial charge in [-0.3, -0.25) is 14.5 Å². The van der Waals surface area contributed by atoms with Crippen LogP contribution in [0, 0.1) is 17.1 Å². The molecule has 0 bridgehead atoms. The second-order valence-corrected chi connectivity index (χ2v) is 7.37. The van der Waals surface area contributed by atoms with Crippen LogP contribution in [0.15, 0.2) is 59.1 Å². The first-order chi connectivity index (χ1) is 12.9. The minimum absolute atomic E-state index is 0.153. The van der Waals surface area contributed by atoms with E-state index in [0.717, 1.165) is 17.3 Å². The first kappa shape index (κ1) is 19.0. The minimum Gasteiger partial charge on any atom is -0.365 e. The summed E-state index contributed by atoms with van der Waals surface area (Å²) in [6.07, 6.45) is 0.374. The van der Waals surface area contributed by atoms with E-state index in [1.54, 1.807) is 30.3 Å². The zero-order chi connectivity index (χ0) is 19.6. The van der Waals surface area contributed by atoms with E-state index in [4.69, 9.17) is 17.3 Å². The number of thioether (sulfide) groups is 1. The largest absolute Gasteiger partial charge is 0.365 e. The highest BCUT2D eigenvalue weighted by molar-refractivity contribution is 8.05. The molecule has 1 saturated heterocycles. The fraction of sp³-hybridized carbons (Fsp3) is 0.105. The van der Waals surface area contributed by atoms with Gasteiger partial charge in [0.15, 0.2) is 0 Å². The molecule has 2 amide bonds. The molecule has 2 aromatic rings. The van der Waals surface area contributed by atoms with E-state index in [2.05, 4.69) is 0 Å². The highest BCUT2D eigenvalue weighted by Crippen LogP contribution is 2.41. The van der Waals surface area contributed by atoms with Gasteiger partial charge in [-0.25, -0.2) is 4.39 Å². The number of hydrogen-bond acceptors (Lipinski definition) is 4. The Morgan fingerprint density at radius 2 is 1.85 bits per heavy atom. The molecular formula is C19H13ClFN3O2S. The SMILES string of the molecule is N#C/C(C(N)=O)=C1/SC(Cc2ccc(Cl)cc2)C(=O)N1c1ccc(F)cc1. The molecule has 3 rings (SSSR count). The van der Waals surface area contributed by atoms with Gasteiger partial charge in [0.05, 0.1) is 5.25 Å². The molecule has 8 heteroatoms. The first-order valence-electron chi connectivity index (χ1n) is 7.85. The average molecular weight is 402 g/mol. The van der Waals surface area contributed by atoms with Crippen molar-refractivity contribution >= 4 is 40.9 Å². The van der Waals surface area contributed by atoms with E-state index in [-0.39, 0.29) is 16.5 Å². The van der Waals surface area contributed by atoms with Crippen LogP contribution in [0.1, 0.15) is 5.56 Å². The predicted molar refractivity (Wildman–Crippen MR) is 102 cm³/mol. The van der Waals surface area contributed by atoms with Gasteiger partial charge < -0.3 is 5.73 Å². The third-order valence-electron chi connectivity index (χ3n) is 3.94. The van der Waals surface area contributed by atoms with Crippen LogP contribution in [0.2, 0.25) is 5.02 Å². The molecule has 0 radical (unpaired) electrons. The van der Waals surface area contributed by atoms with Crippen molar-refractivity contribution < 1.29 is 14.0 Å². The van der Waals surface area contributed by atoms with Gasteiger partial charge in [-0.05, 0) is 48.4 Å². The maximum atomic E-state index is 13.3. The van der Waals surface area contributed by atoms with Crippen LogP contribution < -0.4 is 10.6 Å². The van der Waals surface area contributed by atoms with Crippen molar-refractivity contribution in [2.24, 2.45) is 5.73 Å². The number of anilines is 1. The minimum atomic E-state index is -0.924. The molecule has 1 unspecified atom stereocenters. The standard InChI is InChI=1S/C19H13ClFN3O2S/c20-12-3-1-11(2-4-12)9-16-18(26)24(14-7-5-13(21)6-8-14)19(27-16)15(10-22)17(23)25/h1-8,16H,9H2,(H2,23,25)/b19-15-. The van der Waals surface area contributed by atoms with Gasteiger partial charge in [0.2, 0.25) is 5.91 Å². The van der Waals surface area contributed by atoms with Crippen molar-refractivity contribution in [2.45, 2.75) is 11.7 Å². The lowest BCUT2D eigenvalue weighted by Crippen LogP contribution is -2.31. The van der Waals surface area contributed by atoms with E-state index < -0.39 is 17.0 Å². The van der Waals surface area contributed by atoms with Crippen LogP contribution in [0.25, 0.3) is 0 Å². The number of carbonyl (C=O) groups excluding carboxylic acids is 2. The smallest absolute Gasteiger partial charge is 0.262 e. The maximum absolute atomic E-state index is 13.3. The summed E-state index contributed by atoms with van der Waals surface area (Å²) in [7, 11) is 0. The summed E-state index contributed by atoms with van der Waals surface area (Å²) in [5, 5.41) is 9.50. The number of amides is 2. The number of carbonyl (C=O) groups is 2. The number of rotatable bonds is 4.